The fraction of sp³-hybridized carbons (Fsp3) is 0. The molecule has 0 aliphatic carbocycles. The number of anilines is 6. The summed E-state index contributed by atoms with van der Waals surface area (Å²) in [6.45, 7) is 0. The third-order valence-corrected chi connectivity index (χ3v) is 10.5. The summed E-state index contributed by atoms with van der Waals surface area (Å²) < 4.78 is 105. The average molecular weight is 819 g/mol. The lowest BCUT2D eigenvalue weighted by Gasteiger charge is -2.14. The molecule has 0 unspecified atom stereocenters. The van der Waals surface area contributed by atoms with Gasteiger partial charge in [-0.25, -0.2) is 10.1 Å². The molecule has 8 N–H and O–H groups in total. The molecule has 5 aromatic carbocycles. The zero-order chi connectivity index (χ0) is 39.0. The number of hydrogen-bond acceptors (Lipinski definition) is 17. The van der Waals surface area contributed by atoms with Crippen molar-refractivity contribution < 1.29 is 63.4 Å². The van der Waals surface area contributed by atoms with Gasteiger partial charge in [0.25, 0.3) is 30.4 Å². The van der Waals surface area contributed by atoms with Crippen molar-refractivity contribution in [1.82, 2.24) is 15.0 Å². The van der Waals surface area contributed by atoms with Crippen LogP contribution in [0.3, 0.4) is 0 Å². The van der Waals surface area contributed by atoms with Crippen molar-refractivity contribution in [2.75, 3.05) is 16.0 Å². The normalized spacial score (nSPS) is 12.1. The van der Waals surface area contributed by atoms with Crippen molar-refractivity contribution in [1.29, 1.82) is 0 Å². The molecule has 0 saturated carbocycles. The quantitative estimate of drug-likeness (QED) is 0.0318. The smallest absolute Gasteiger partial charge is 0.335 e. The molecule has 6 aromatic rings. The van der Waals surface area contributed by atoms with E-state index in [9.17, 15) is 48.8 Å². The first-order chi connectivity index (χ1) is 25.4. The number of nitrogens with zero attached hydrogens (tertiary/aromatic N) is 3. The van der Waals surface area contributed by atoms with E-state index in [0.717, 1.165) is 12.1 Å². The Kier molecular flexibility index (Phi) is 10.4. The molecule has 20 nitrogen and oxygen atoms in total. The van der Waals surface area contributed by atoms with Gasteiger partial charge in [-0.15, -0.1) is 4.33 Å². The summed E-state index contributed by atoms with van der Waals surface area (Å²) in [7, 11) is -14.5. The van der Waals surface area contributed by atoms with Gasteiger partial charge in [-0.3, -0.25) is 13.7 Å². The number of carboxylic acids is 1. The molecule has 0 radical (unpaired) electrons. The van der Waals surface area contributed by atoms with Gasteiger partial charge in [0.2, 0.25) is 17.8 Å². The van der Waals surface area contributed by atoms with E-state index < -0.39 is 51.0 Å². The maximum Gasteiger partial charge on any atom is 0.335 e. The van der Waals surface area contributed by atoms with Gasteiger partial charge in [0.1, 0.15) is 4.90 Å². The summed E-state index contributed by atoms with van der Waals surface area (Å²) in [4.78, 5) is 22.6. The second kappa shape index (κ2) is 14.7. The van der Waals surface area contributed by atoms with Crippen LogP contribution in [0.15, 0.2) is 105 Å². The third kappa shape index (κ3) is 8.80. The number of carbonyl (C=O) groups is 1. The summed E-state index contributed by atoms with van der Waals surface area (Å²) in [5.74, 6) is -1.63. The number of aromatic carboxylic acids is 1. The molecule has 0 saturated heterocycles. The monoisotopic (exact) mass is 818 g/mol. The summed E-state index contributed by atoms with van der Waals surface area (Å²) >= 11 is 0.464. The molecule has 24 heteroatoms. The minimum atomic E-state index is -4.94. The zero-order valence-corrected chi connectivity index (χ0v) is 29.7. The Labute approximate surface area is 308 Å². The van der Waals surface area contributed by atoms with Crippen LogP contribution in [0.4, 0.5) is 34.9 Å². The van der Waals surface area contributed by atoms with Crippen molar-refractivity contribution >= 4 is 105 Å². The van der Waals surface area contributed by atoms with Crippen LogP contribution in [0.2, 0.25) is 0 Å². The molecule has 0 aliphatic rings. The van der Waals surface area contributed by atoms with Gasteiger partial charge < -0.3 is 21.1 Å². The number of hydrogen-bond donors (Lipinski definition) is 8. The zero-order valence-electron chi connectivity index (χ0n) is 26.5. The summed E-state index contributed by atoms with van der Waals surface area (Å²) in [5.41, 5.74) is 0.656. The lowest BCUT2D eigenvalue weighted by molar-refractivity contribution is -0.432. The van der Waals surface area contributed by atoms with Crippen LogP contribution in [0.5, 0.6) is 0 Å². The maximum atomic E-state index is 12.1. The first kappa shape index (κ1) is 38.2. The second-order valence-electron chi connectivity index (χ2n) is 10.9. The van der Waals surface area contributed by atoms with Gasteiger partial charge >= 0.3 is 5.97 Å². The maximum absolute atomic E-state index is 12.1. The molecule has 0 amide bonds. The van der Waals surface area contributed by atoms with Gasteiger partial charge in [-0.2, -0.15) is 40.2 Å². The summed E-state index contributed by atoms with van der Waals surface area (Å²) in [5, 5.41) is 30.9. The number of aromatic nitrogens is 3. The predicted molar refractivity (Wildman–Crippen MR) is 191 cm³/mol. The van der Waals surface area contributed by atoms with Crippen molar-refractivity contribution in [2.45, 2.75) is 19.6 Å². The van der Waals surface area contributed by atoms with Gasteiger partial charge in [0.15, 0.2) is 0 Å². The van der Waals surface area contributed by atoms with E-state index >= 15 is 0 Å². The molecular weight excluding hydrogens is 797 g/mol. The van der Waals surface area contributed by atoms with Gasteiger partial charge in [-0.05, 0) is 82.9 Å². The first-order valence-electron chi connectivity index (χ1n) is 14.5. The Morgan fingerprint density at radius 3 is 1.61 bits per heavy atom. The van der Waals surface area contributed by atoms with Gasteiger partial charge in [0, 0.05) is 27.3 Å². The fourth-order valence-corrected chi connectivity index (χ4v) is 7.59. The van der Waals surface area contributed by atoms with E-state index in [0.29, 0.717) is 23.5 Å². The molecule has 0 aliphatic heterocycles. The van der Waals surface area contributed by atoms with E-state index in [4.69, 9.17) is 5.26 Å². The Bertz CT molecular complexity index is 2820. The molecule has 1 heterocycles. The molecule has 6 rings (SSSR count). The van der Waals surface area contributed by atoms with Crippen LogP contribution in [-0.4, -0.2) is 70.2 Å². The largest absolute Gasteiger partial charge is 0.478 e. The Balaban J connectivity index is 1.43. The highest BCUT2D eigenvalue weighted by Gasteiger charge is 2.21. The van der Waals surface area contributed by atoms with Crippen LogP contribution in [0.1, 0.15) is 10.4 Å². The minimum absolute atomic E-state index is 0.0344. The second-order valence-corrected chi connectivity index (χ2v) is 15.9. The molecule has 0 spiro atoms. The summed E-state index contributed by atoms with van der Waals surface area (Å²) in [6, 6.07) is 18.0. The highest BCUT2D eigenvalue weighted by molar-refractivity contribution is 7.94. The van der Waals surface area contributed by atoms with Crippen molar-refractivity contribution in [3.8, 4) is 0 Å². The van der Waals surface area contributed by atoms with E-state index in [2.05, 4.69) is 40.3 Å². The molecule has 1 aromatic heterocycles. The van der Waals surface area contributed by atoms with Crippen LogP contribution < -0.4 is 16.0 Å². The Morgan fingerprint density at radius 2 is 1.11 bits per heavy atom. The number of benzene rings is 5. The van der Waals surface area contributed by atoms with Crippen LogP contribution in [0, 0.1) is 0 Å². The number of carboxylic acid groups (broad SMARTS) is 1. The number of nitrogens with one attached hydrogen (secondary N) is 3. The average Bonchev–Trinajstić information content (AvgIpc) is 3.08. The molecule has 54 heavy (non-hydrogen) atoms. The summed E-state index contributed by atoms with van der Waals surface area (Å²) in [6.07, 6.45) is 0. The Morgan fingerprint density at radius 1 is 0.611 bits per heavy atom. The van der Waals surface area contributed by atoms with Crippen LogP contribution in [0.25, 0.3) is 21.5 Å². The molecule has 0 bridgehead atoms. The number of rotatable bonds is 13. The molecule has 280 valence electrons. The van der Waals surface area contributed by atoms with Crippen LogP contribution in [-0.2, 0) is 39.7 Å². The van der Waals surface area contributed by atoms with Crippen molar-refractivity contribution in [3.63, 3.8) is 0 Å². The SMILES string of the molecule is O=C(O)c1cccc(Nc2nc(Nc3ccc4c(SOOO)cc(S(=O)(=O)O)cc4c3)nc(Nc3ccc4c(S(=O)(=O)O)cc(S(=O)(=O)O)cc4c3)n2)c1. The molecular formula is C30H22N6O14S4. The minimum Gasteiger partial charge on any atom is -0.478 e. The standard InChI is InChI=1S/C30H22N6O14S4/c37-27(38)15-2-1-3-18(8-15)31-28-34-29(32-19-4-6-23-16(9-19)11-21(52(40,41)42)13-25(23)51-50-49-39)36-30(35-28)33-20-5-7-24-17(10-20)12-22(53(43,44)45)14-26(24)54(46,47)48/h1-14,39H,(H,37,38)(H,40,41,42)(H,43,44,45)(H,46,47,48)(H3,31,32,33,34,35,36). The van der Waals surface area contributed by atoms with Gasteiger partial charge in [0.05, 0.1) is 27.4 Å². The lowest BCUT2D eigenvalue weighted by Crippen LogP contribution is -2.08. The van der Waals surface area contributed by atoms with Crippen molar-refractivity contribution in [3.05, 3.63) is 90.5 Å². The topological polar surface area (TPSA) is 314 Å². The highest BCUT2D eigenvalue weighted by atomic mass is 32.2. The van der Waals surface area contributed by atoms with E-state index in [1.54, 1.807) is 12.1 Å². The van der Waals surface area contributed by atoms with Crippen molar-refractivity contribution in [2.24, 2.45) is 0 Å². The van der Waals surface area contributed by atoms with E-state index in [1.807, 2.05) is 0 Å². The molecule has 0 fully saturated rings. The predicted octanol–water partition coefficient (Wildman–Crippen LogP) is 5.28. The van der Waals surface area contributed by atoms with Gasteiger partial charge in [-0.1, -0.05) is 23.2 Å². The molecule has 0 atom stereocenters. The van der Waals surface area contributed by atoms with E-state index in [-0.39, 0.29) is 61.5 Å². The third-order valence-electron chi connectivity index (χ3n) is 7.32. The number of fused-ring (bicyclic) bond motifs is 2. The highest BCUT2D eigenvalue weighted by Crippen LogP contribution is 2.35. The van der Waals surface area contributed by atoms with Crippen LogP contribution >= 0.6 is 12.0 Å². The Hall–Kier alpha value is -5.54. The lowest BCUT2D eigenvalue weighted by atomic mass is 10.1. The first-order valence-corrected chi connectivity index (χ1v) is 19.6. The van der Waals surface area contributed by atoms with E-state index in [1.165, 1.54) is 54.6 Å². The fourth-order valence-electron chi connectivity index (χ4n) is 5.07.